The van der Waals surface area contributed by atoms with Crippen molar-refractivity contribution in [1.29, 1.82) is 0 Å². The zero-order chi connectivity index (χ0) is 14.0. The second kappa shape index (κ2) is 5.34. The zero-order valence-corrected chi connectivity index (χ0v) is 10.3. The molecule has 0 unspecified atom stereocenters. The number of ether oxygens (including phenoxy) is 1. The first-order chi connectivity index (χ1) is 9.02. The smallest absolute Gasteiger partial charge is 0.319 e. The summed E-state index contributed by atoms with van der Waals surface area (Å²) in [5.74, 6) is -4.30. The van der Waals surface area contributed by atoms with Crippen molar-refractivity contribution >= 4 is 11.9 Å². The van der Waals surface area contributed by atoms with Crippen LogP contribution in [-0.4, -0.2) is 25.0 Å². The van der Waals surface area contributed by atoms with Crippen molar-refractivity contribution in [2.75, 3.05) is 13.2 Å². The Morgan fingerprint density at radius 1 is 1.37 bits per heavy atom. The summed E-state index contributed by atoms with van der Waals surface area (Å²) in [6.07, 6.45) is 0. The van der Waals surface area contributed by atoms with E-state index >= 15 is 0 Å². The summed E-state index contributed by atoms with van der Waals surface area (Å²) in [7, 11) is 0. The van der Waals surface area contributed by atoms with Gasteiger partial charge < -0.3 is 10.1 Å². The zero-order valence-electron chi connectivity index (χ0n) is 10.3. The monoisotopic (exact) mass is 269 g/mol. The summed E-state index contributed by atoms with van der Waals surface area (Å²) in [6, 6.07) is 2.99. The largest absolute Gasteiger partial charge is 0.465 e. The minimum absolute atomic E-state index is 0.146. The molecule has 2 rings (SSSR count). The molecule has 102 valence electrons. The maximum absolute atomic E-state index is 13.2. The number of halogens is 2. The molecule has 1 N–H and O–H groups in total. The van der Waals surface area contributed by atoms with Gasteiger partial charge in [-0.1, -0.05) is 0 Å². The summed E-state index contributed by atoms with van der Waals surface area (Å²) in [4.78, 5) is 23.4. The van der Waals surface area contributed by atoms with Crippen LogP contribution in [0, 0.1) is 17.6 Å². The van der Waals surface area contributed by atoms with Crippen molar-refractivity contribution in [3.63, 3.8) is 0 Å². The fraction of sp³-hybridized carbons (Fsp3) is 0.385. The molecule has 1 aromatic rings. The van der Waals surface area contributed by atoms with Gasteiger partial charge in [0.15, 0.2) is 0 Å². The topological polar surface area (TPSA) is 55.4 Å². The Morgan fingerprint density at radius 2 is 2.00 bits per heavy atom. The molecule has 2 atom stereocenters. The Balaban J connectivity index is 2.31. The molecule has 0 saturated carbocycles. The number of carbonyl (C=O) groups is 2. The van der Waals surface area contributed by atoms with Crippen LogP contribution in [0.2, 0.25) is 0 Å². The van der Waals surface area contributed by atoms with Crippen LogP contribution in [0.15, 0.2) is 18.2 Å². The van der Waals surface area contributed by atoms with E-state index in [0.717, 1.165) is 18.2 Å². The molecule has 1 aliphatic heterocycles. The normalized spacial score (nSPS) is 22.2. The van der Waals surface area contributed by atoms with Crippen molar-refractivity contribution in [3.8, 4) is 0 Å². The maximum atomic E-state index is 13.2. The van der Waals surface area contributed by atoms with Crippen molar-refractivity contribution in [2.24, 2.45) is 5.92 Å². The van der Waals surface area contributed by atoms with Crippen LogP contribution in [0.3, 0.4) is 0 Å². The van der Waals surface area contributed by atoms with E-state index in [0.29, 0.717) is 0 Å². The summed E-state index contributed by atoms with van der Waals surface area (Å²) in [5.41, 5.74) is 0.272. The molecule has 0 aromatic heterocycles. The van der Waals surface area contributed by atoms with E-state index in [9.17, 15) is 18.4 Å². The highest BCUT2D eigenvalue weighted by Crippen LogP contribution is 2.30. The average molecular weight is 269 g/mol. The van der Waals surface area contributed by atoms with Gasteiger partial charge in [0.25, 0.3) is 0 Å². The number of amides is 1. The van der Waals surface area contributed by atoms with E-state index in [4.69, 9.17) is 4.74 Å². The Kier molecular flexibility index (Phi) is 3.78. The van der Waals surface area contributed by atoms with Crippen LogP contribution >= 0.6 is 0 Å². The van der Waals surface area contributed by atoms with Crippen LogP contribution < -0.4 is 5.32 Å². The third-order valence-electron chi connectivity index (χ3n) is 3.03. The maximum Gasteiger partial charge on any atom is 0.319 e. The number of benzene rings is 1. The Bertz CT molecular complexity index is 498. The lowest BCUT2D eigenvalue weighted by Crippen LogP contribution is -2.29. The standard InChI is InChI=1S/C13H13F2NO3/c1-2-19-13(18)11-10(6-16-12(11)17)7-3-8(14)5-9(15)4-7/h3-5,10-11H,2,6H2,1H3,(H,16,17)/t10-,11+/m0/s1. The molecule has 1 aliphatic rings. The van der Waals surface area contributed by atoms with Crippen LogP contribution in [-0.2, 0) is 14.3 Å². The SMILES string of the molecule is CCOC(=O)[C@H]1C(=O)NC[C@H]1c1cc(F)cc(F)c1. The molecular weight excluding hydrogens is 256 g/mol. The first-order valence-electron chi connectivity index (χ1n) is 5.93. The Morgan fingerprint density at radius 3 is 2.58 bits per heavy atom. The van der Waals surface area contributed by atoms with Gasteiger partial charge in [0, 0.05) is 18.5 Å². The van der Waals surface area contributed by atoms with Crippen LogP contribution in [0.4, 0.5) is 8.78 Å². The molecule has 0 bridgehead atoms. The van der Waals surface area contributed by atoms with Gasteiger partial charge in [0.1, 0.15) is 17.6 Å². The van der Waals surface area contributed by atoms with Crippen molar-refractivity contribution in [1.82, 2.24) is 5.32 Å². The van der Waals surface area contributed by atoms with Gasteiger partial charge >= 0.3 is 5.97 Å². The molecule has 1 saturated heterocycles. The molecular formula is C13H13F2NO3. The van der Waals surface area contributed by atoms with Crippen molar-refractivity contribution < 1.29 is 23.1 Å². The minimum Gasteiger partial charge on any atom is -0.465 e. The van der Waals surface area contributed by atoms with Gasteiger partial charge in [-0.15, -0.1) is 0 Å². The summed E-state index contributed by atoms with van der Waals surface area (Å²) in [6.45, 7) is 1.93. The molecule has 1 fully saturated rings. The van der Waals surface area contributed by atoms with Gasteiger partial charge in [0.2, 0.25) is 5.91 Å². The number of esters is 1. The Labute approximate surface area is 108 Å². The van der Waals surface area contributed by atoms with Crippen LogP contribution in [0.1, 0.15) is 18.4 Å². The molecule has 0 aliphatic carbocycles. The molecule has 0 radical (unpaired) electrons. The average Bonchev–Trinajstić information content (AvgIpc) is 2.70. The van der Waals surface area contributed by atoms with Crippen molar-refractivity contribution in [2.45, 2.75) is 12.8 Å². The van der Waals surface area contributed by atoms with E-state index in [1.54, 1.807) is 6.92 Å². The Hall–Kier alpha value is -1.98. The first kappa shape index (κ1) is 13.5. The molecule has 1 aromatic carbocycles. The van der Waals surface area contributed by atoms with Gasteiger partial charge in [0.05, 0.1) is 6.61 Å². The summed E-state index contributed by atoms with van der Waals surface area (Å²) in [5, 5.41) is 2.51. The fourth-order valence-electron chi connectivity index (χ4n) is 2.22. The number of hydrogen-bond acceptors (Lipinski definition) is 3. The fourth-order valence-corrected chi connectivity index (χ4v) is 2.22. The third-order valence-corrected chi connectivity index (χ3v) is 3.03. The molecule has 1 heterocycles. The highest BCUT2D eigenvalue weighted by atomic mass is 19.1. The minimum atomic E-state index is -1.05. The van der Waals surface area contributed by atoms with Gasteiger partial charge in [-0.25, -0.2) is 8.78 Å². The lowest BCUT2D eigenvalue weighted by molar-refractivity contribution is -0.151. The second-order valence-electron chi connectivity index (χ2n) is 4.28. The van der Waals surface area contributed by atoms with E-state index in [-0.39, 0.29) is 18.7 Å². The van der Waals surface area contributed by atoms with Crippen LogP contribution in [0.25, 0.3) is 0 Å². The summed E-state index contributed by atoms with van der Waals surface area (Å²) < 4.78 is 31.2. The highest BCUT2D eigenvalue weighted by molar-refractivity contribution is 6.00. The lowest BCUT2D eigenvalue weighted by Gasteiger charge is -2.16. The van der Waals surface area contributed by atoms with Gasteiger partial charge in [-0.05, 0) is 24.6 Å². The predicted octanol–water partition coefficient (Wildman–Crippen LogP) is 1.36. The molecule has 19 heavy (non-hydrogen) atoms. The van der Waals surface area contributed by atoms with Gasteiger partial charge in [-0.3, -0.25) is 9.59 Å². The molecule has 4 nitrogen and oxygen atoms in total. The number of rotatable bonds is 3. The summed E-state index contributed by atoms with van der Waals surface area (Å²) >= 11 is 0. The molecule has 1 amide bonds. The van der Waals surface area contributed by atoms with Gasteiger partial charge in [-0.2, -0.15) is 0 Å². The second-order valence-corrected chi connectivity index (χ2v) is 4.28. The highest BCUT2D eigenvalue weighted by Gasteiger charge is 2.42. The number of carbonyl (C=O) groups excluding carboxylic acids is 2. The van der Waals surface area contributed by atoms with Crippen LogP contribution in [0.5, 0.6) is 0 Å². The first-order valence-corrected chi connectivity index (χ1v) is 5.93. The van der Waals surface area contributed by atoms with E-state index < -0.39 is 35.3 Å². The lowest BCUT2D eigenvalue weighted by atomic mass is 9.88. The van der Waals surface area contributed by atoms with E-state index in [1.807, 2.05) is 0 Å². The molecule has 6 heteroatoms. The van der Waals surface area contributed by atoms with E-state index in [2.05, 4.69) is 5.32 Å². The third kappa shape index (κ3) is 2.72. The number of nitrogens with one attached hydrogen (secondary N) is 1. The quantitative estimate of drug-likeness (QED) is 0.666. The van der Waals surface area contributed by atoms with Crippen molar-refractivity contribution in [3.05, 3.63) is 35.4 Å². The predicted molar refractivity (Wildman–Crippen MR) is 62.2 cm³/mol. The molecule has 0 spiro atoms. The number of hydrogen-bond donors (Lipinski definition) is 1. The van der Waals surface area contributed by atoms with E-state index in [1.165, 1.54) is 0 Å².